The molecule has 1 atom stereocenters. The summed E-state index contributed by atoms with van der Waals surface area (Å²) in [5.41, 5.74) is -2.66. The molecule has 0 spiro atoms. The Balaban J connectivity index is 2.31. The molecule has 1 heterocycles. The lowest BCUT2D eigenvalue weighted by molar-refractivity contribution is -0.156. The Bertz CT molecular complexity index is 248. The van der Waals surface area contributed by atoms with Crippen LogP contribution in [0.15, 0.2) is 0 Å². The predicted molar refractivity (Wildman–Crippen MR) is 56.1 cm³/mol. The second kappa shape index (κ2) is 5.09. The Morgan fingerprint density at radius 1 is 1.50 bits per heavy atom. The van der Waals surface area contributed by atoms with Crippen LogP contribution in [0.4, 0.5) is 0 Å². The van der Waals surface area contributed by atoms with Gasteiger partial charge in [0.15, 0.2) is 5.60 Å². The van der Waals surface area contributed by atoms with Gasteiger partial charge in [0.2, 0.25) is 0 Å². The Morgan fingerprint density at radius 2 is 2.06 bits per heavy atom. The van der Waals surface area contributed by atoms with Crippen LogP contribution in [0.5, 0.6) is 0 Å². The smallest absolute Gasteiger partial charge is 0.336 e. The zero-order chi connectivity index (χ0) is 12.2. The van der Waals surface area contributed by atoms with E-state index in [1.807, 2.05) is 0 Å². The summed E-state index contributed by atoms with van der Waals surface area (Å²) < 4.78 is 5.12. The van der Waals surface area contributed by atoms with Crippen LogP contribution >= 0.6 is 0 Å². The van der Waals surface area contributed by atoms with Gasteiger partial charge in [-0.15, -0.1) is 0 Å². The van der Waals surface area contributed by atoms with Gasteiger partial charge in [0.25, 0.3) is 0 Å². The van der Waals surface area contributed by atoms with E-state index in [4.69, 9.17) is 9.84 Å². The van der Waals surface area contributed by atoms with E-state index in [0.29, 0.717) is 26.1 Å². The fraction of sp³-hybridized carbons (Fsp3) is 0.900. The van der Waals surface area contributed by atoms with Gasteiger partial charge in [-0.05, 0) is 6.92 Å². The van der Waals surface area contributed by atoms with Crippen molar-refractivity contribution in [1.82, 2.24) is 5.32 Å². The van der Waals surface area contributed by atoms with Crippen molar-refractivity contribution >= 4 is 5.97 Å². The minimum atomic E-state index is -1.80. The number of hydrogen-bond donors (Lipinski definition) is 4. The van der Waals surface area contributed by atoms with Crippen molar-refractivity contribution in [3.05, 3.63) is 0 Å². The highest BCUT2D eigenvalue weighted by molar-refractivity contribution is 5.76. The van der Waals surface area contributed by atoms with E-state index in [-0.39, 0.29) is 13.1 Å². The normalized spacial score (nSPS) is 23.7. The Morgan fingerprint density at radius 3 is 2.56 bits per heavy atom. The number of rotatable bonds is 5. The highest BCUT2D eigenvalue weighted by Gasteiger charge is 2.33. The molecule has 1 unspecified atom stereocenters. The summed E-state index contributed by atoms with van der Waals surface area (Å²) in [7, 11) is 0. The highest BCUT2D eigenvalue weighted by Crippen LogP contribution is 2.19. The molecule has 0 aromatic carbocycles. The van der Waals surface area contributed by atoms with Crippen molar-refractivity contribution in [2.45, 2.75) is 31.0 Å². The van der Waals surface area contributed by atoms with Crippen LogP contribution in [0.1, 0.15) is 19.8 Å². The van der Waals surface area contributed by atoms with Gasteiger partial charge >= 0.3 is 5.97 Å². The van der Waals surface area contributed by atoms with Crippen LogP contribution in [0.3, 0.4) is 0 Å². The van der Waals surface area contributed by atoms with Gasteiger partial charge in [-0.25, -0.2) is 4.79 Å². The topological polar surface area (TPSA) is 99.0 Å². The van der Waals surface area contributed by atoms with Crippen LogP contribution in [0.25, 0.3) is 0 Å². The third-order valence-corrected chi connectivity index (χ3v) is 2.81. The van der Waals surface area contributed by atoms with Gasteiger partial charge in [-0.2, -0.15) is 0 Å². The lowest BCUT2D eigenvalue weighted by Gasteiger charge is -2.33. The van der Waals surface area contributed by atoms with Crippen LogP contribution in [0.2, 0.25) is 0 Å². The molecule has 0 aromatic heterocycles. The van der Waals surface area contributed by atoms with Crippen molar-refractivity contribution in [3.8, 4) is 0 Å². The van der Waals surface area contributed by atoms with Crippen molar-refractivity contribution in [1.29, 1.82) is 0 Å². The first-order valence-corrected chi connectivity index (χ1v) is 5.32. The monoisotopic (exact) mass is 233 g/mol. The number of aliphatic carboxylic acids is 1. The first-order valence-electron chi connectivity index (χ1n) is 5.32. The Labute approximate surface area is 94.2 Å². The molecular weight excluding hydrogens is 214 g/mol. The van der Waals surface area contributed by atoms with Crippen molar-refractivity contribution in [3.63, 3.8) is 0 Å². The lowest BCUT2D eigenvalue weighted by Crippen LogP contribution is -2.51. The van der Waals surface area contributed by atoms with Gasteiger partial charge in [0.05, 0.1) is 5.60 Å². The highest BCUT2D eigenvalue weighted by atomic mass is 16.5. The Hall–Kier alpha value is -0.690. The zero-order valence-electron chi connectivity index (χ0n) is 9.40. The summed E-state index contributed by atoms with van der Waals surface area (Å²) in [5.74, 6) is -1.28. The molecule has 1 rings (SSSR count). The molecule has 16 heavy (non-hydrogen) atoms. The molecule has 1 saturated heterocycles. The Kier molecular flexibility index (Phi) is 4.26. The summed E-state index contributed by atoms with van der Waals surface area (Å²) >= 11 is 0. The minimum absolute atomic E-state index is 0.0918. The largest absolute Gasteiger partial charge is 0.479 e. The molecular formula is C10H19NO5. The summed E-state index contributed by atoms with van der Waals surface area (Å²) in [6.07, 6.45) is 1.05. The number of ether oxygens (including phenoxy) is 1. The van der Waals surface area contributed by atoms with Gasteiger partial charge in [-0.3, -0.25) is 0 Å². The number of hydrogen-bond acceptors (Lipinski definition) is 5. The molecule has 1 aliphatic heterocycles. The predicted octanol–water partition coefficient (Wildman–Crippen LogP) is -1.05. The number of carboxylic acids is 1. The molecule has 0 amide bonds. The van der Waals surface area contributed by atoms with Crippen LogP contribution in [0, 0.1) is 0 Å². The lowest BCUT2D eigenvalue weighted by atomic mass is 9.94. The van der Waals surface area contributed by atoms with Crippen LogP contribution in [-0.2, 0) is 9.53 Å². The summed E-state index contributed by atoms with van der Waals surface area (Å²) in [4.78, 5) is 10.6. The average molecular weight is 233 g/mol. The molecule has 0 aliphatic carbocycles. The van der Waals surface area contributed by atoms with E-state index < -0.39 is 17.2 Å². The average Bonchev–Trinajstić information content (AvgIpc) is 2.17. The zero-order valence-corrected chi connectivity index (χ0v) is 9.40. The molecule has 1 fully saturated rings. The fourth-order valence-electron chi connectivity index (χ4n) is 1.54. The van der Waals surface area contributed by atoms with E-state index in [1.54, 1.807) is 0 Å². The van der Waals surface area contributed by atoms with Crippen molar-refractivity contribution in [2.75, 3.05) is 26.3 Å². The quantitative estimate of drug-likeness (QED) is 0.484. The molecule has 0 aromatic rings. The second-order valence-electron chi connectivity index (χ2n) is 4.52. The molecule has 0 bridgehead atoms. The molecule has 1 aliphatic rings. The first kappa shape index (κ1) is 13.4. The summed E-state index contributed by atoms with van der Waals surface area (Å²) in [6, 6.07) is 0. The van der Waals surface area contributed by atoms with Crippen molar-refractivity contribution in [2.24, 2.45) is 0 Å². The number of aliphatic hydroxyl groups is 2. The van der Waals surface area contributed by atoms with E-state index in [1.165, 1.54) is 6.92 Å². The van der Waals surface area contributed by atoms with E-state index >= 15 is 0 Å². The van der Waals surface area contributed by atoms with E-state index in [2.05, 4.69) is 5.32 Å². The van der Waals surface area contributed by atoms with Gasteiger partial charge in [0.1, 0.15) is 0 Å². The molecule has 0 saturated carbocycles. The SMILES string of the molecule is CC(O)(CNCC1(O)CCOCC1)C(=O)O. The van der Waals surface area contributed by atoms with Gasteiger partial charge in [-0.1, -0.05) is 0 Å². The molecule has 6 nitrogen and oxygen atoms in total. The number of nitrogens with one attached hydrogen (secondary N) is 1. The first-order chi connectivity index (χ1) is 7.36. The maximum atomic E-state index is 10.6. The minimum Gasteiger partial charge on any atom is -0.479 e. The number of carboxylic acid groups (broad SMARTS) is 1. The maximum Gasteiger partial charge on any atom is 0.336 e. The van der Waals surface area contributed by atoms with E-state index in [9.17, 15) is 15.0 Å². The summed E-state index contributed by atoms with van der Waals surface area (Å²) in [5, 5.41) is 30.9. The van der Waals surface area contributed by atoms with Crippen molar-refractivity contribution < 1.29 is 24.9 Å². The molecule has 6 heteroatoms. The molecule has 94 valence electrons. The third kappa shape index (κ3) is 3.71. The van der Waals surface area contributed by atoms with Crippen LogP contribution < -0.4 is 5.32 Å². The maximum absolute atomic E-state index is 10.6. The fourth-order valence-corrected chi connectivity index (χ4v) is 1.54. The summed E-state index contributed by atoms with van der Waals surface area (Å²) in [6.45, 7) is 2.41. The van der Waals surface area contributed by atoms with E-state index in [0.717, 1.165) is 0 Å². The second-order valence-corrected chi connectivity index (χ2v) is 4.52. The molecule has 0 radical (unpaired) electrons. The number of carbonyl (C=O) groups is 1. The molecule has 4 N–H and O–H groups in total. The van der Waals surface area contributed by atoms with Crippen LogP contribution in [-0.4, -0.2) is 58.8 Å². The van der Waals surface area contributed by atoms with Gasteiger partial charge in [0, 0.05) is 39.1 Å². The standard InChI is InChI=1S/C10H19NO5/c1-9(14,8(12)13)6-11-7-10(15)2-4-16-5-3-10/h11,14-15H,2-7H2,1H3,(H,12,13). The van der Waals surface area contributed by atoms with Gasteiger partial charge < -0.3 is 25.4 Å². The third-order valence-electron chi connectivity index (χ3n) is 2.81.